The third-order valence-electron chi connectivity index (χ3n) is 5.09. The van der Waals surface area contributed by atoms with Gasteiger partial charge in [0.2, 0.25) is 5.91 Å². The van der Waals surface area contributed by atoms with Crippen LogP contribution in [0.15, 0.2) is 65.6 Å². The van der Waals surface area contributed by atoms with Crippen LogP contribution in [-0.4, -0.2) is 32.3 Å². The minimum Gasteiger partial charge on any atom is -0.497 e. The molecule has 0 saturated heterocycles. The molecule has 0 fully saturated rings. The standard InChI is InChI=1S/C23H23N5O3/c1-16-26-22-20(15-25-28(22)18-6-4-3-5-7-18)23(30)27(16)13-12-21(29)24-14-17-8-10-19(31-2)11-9-17/h3-11,15H,12-14H2,1-2H3,(H,24,29). The second kappa shape index (κ2) is 8.83. The summed E-state index contributed by atoms with van der Waals surface area (Å²) in [5.41, 5.74) is 2.11. The molecule has 0 radical (unpaired) electrons. The minimum absolute atomic E-state index is 0.137. The molecule has 0 atom stereocenters. The highest BCUT2D eigenvalue weighted by atomic mass is 16.5. The molecule has 158 valence electrons. The highest BCUT2D eigenvalue weighted by Gasteiger charge is 2.14. The number of amides is 1. The van der Waals surface area contributed by atoms with Gasteiger partial charge >= 0.3 is 0 Å². The van der Waals surface area contributed by atoms with Crippen LogP contribution in [0.4, 0.5) is 0 Å². The van der Waals surface area contributed by atoms with Gasteiger partial charge in [0.05, 0.1) is 19.0 Å². The number of carbonyl (C=O) groups is 1. The number of fused-ring (bicyclic) bond motifs is 1. The van der Waals surface area contributed by atoms with E-state index in [9.17, 15) is 9.59 Å². The molecule has 0 saturated carbocycles. The third kappa shape index (κ3) is 4.32. The van der Waals surface area contributed by atoms with Gasteiger partial charge in [-0.05, 0) is 36.8 Å². The quantitative estimate of drug-likeness (QED) is 0.499. The molecule has 1 amide bonds. The van der Waals surface area contributed by atoms with Crippen molar-refractivity contribution in [3.05, 3.63) is 82.5 Å². The van der Waals surface area contributed by atoms with Gasteiger partial charge in [-0.1, -0.05) is 30.3 Å². The number of methoxy groups -OCH3 is 1. The largest absolute Gasteiger partial charge is 0.497 e. The van der Waals surface area contributed by atoms with E-state index in [-0.39, 0.29) is 24.4 Å². The number of ether oxygens (including phenoxy) is 1. The first kappa shape index (κ1) is 20.3. The fourth-order valence-corrected chi connectivity index (χ4v) is 3.37. The summed E-state index contributed by atoms with van der Waals surface area (Å²) in [4.78, 5) is 29.9. The molecule has 0 bridgehead atoms. The Labute approximate surface area is 179 Å². The number of aromatic nitrogens is 4. The number of nitrogens with zero attached hydrogens (tertiary/aromatic N) is 4. The highest BCUT2D eigenvalue weighted by molar-refractivity contribution is 5.76. The number of carbonyl (C=O) groups excluding carboxylic acids is 1. The van der Waals surface area contributed by atoms with Gasteiger partial charge in [0.15, 0.2) is 5.65 Å². The number of rotatable bonds is 7. The molecule has 4 rings (SSSR count). The zero-order chi connectivity index (χ0) is 21.8. The van der Waals surface area contributed by atoms with Crippen LogP contribution in [0.1, 0.15) is 17.8 Å². The predicted octanol–water partition coefficient (Wildman–Crippen LogP) is 2.61. The molecule has 0 aliphatic rings. The summed E-state index contributed by atoms with van der Waals surface area (Å²) in [6.45, 7) is 2.43. The molecular weight excluding hydrogens is 394 g/mol. The monoisotopic (exact) mass is 417 g/mol. The zero-order valence-electron chi connectivity index (χ0n) is 17.4. The van der Waals surface area contributed by atoms with Crippen LogP contribution >= 0.6 is 0 Å². The summed E-state index contributed by atoms with van der Waals surface area (Å²) < 4.78 is 8.30. The van der Waals surface area contributed by atoms with E-state index in [2.05, 4.69) is 15.4 Å². The van der Waals surface area contributed by atoms with Crippen LogP contribution in [0.25, 0.3) is 16.7 Å². The maximum atomic E-state index is 13.0. The van der Waals surface area contributed by atoms with Crippen LogP contribution in [0.5, 0.6) is 5.75 Å². The van der Waals surface area contributed by atoms with Crippen molar-refractivity contribution in [2.45, 2.75) is 26.4 Å². The van der Waals surface area contributed by atoms with Crippen molar-refractivity contribution in [2.75, 3.05) is 7.11 Å². The van der Waals surface area contributed by atoms with Gasteiger partial charge in [-0.2, -0.15) is 5.10 Å². The molecule has 0 aliphatic heterocycles. The number of hydrogen-bond donors (Lipinski definition) is 1. The Morgan fingerprint density at radius 1 is 1.10 bits per heavy atom. The fourth-order valence-electron chi connectivity index (χ4n) is 3.37. The Morgan fingerprint density at radius 2 is 1.84 bits per heavy atom. The number of aryl methyl sites for hydroxylation is 1. The summed E-state index contributed by atoms with van der Waals surface area (Å²) in [7, 11) is 1.61. The second-order valence-electron chi connectivity index (χ2n) is 7.12. The van der Waals surface area contributed by atoms with Crippen molar-refractivity contribution < 1.29 is 9.53 Å². The summed E-state index contributed by atoms with van der Waals surface area (Å²) in [5.74, 6) is 1.17. The van der Waals surface area contributed by atoms with E-state index in [1.165, 1.54) is 10.8 Å². The molecule has 31 heavy (non-hydrogen) atoms. The molecule has 1 N–H and O–H groups in total. The van der Waals surface area contributed by atoms with Crippen LogP contribution in [0.2, 0.25) is 0 Å². The molecule has 0 aliphatic carbocycles. The number of benzene rings is 2. The fraction of sp³-hybridized carbons (Fsp3) is 0.217. The molecule has 2 heterocycles. The van der Waals surface area contributed by atoms with Gasteiger partial charge in [0.1, 0.15) is 17.0 Å². The molecule has 8 heteroatoms. The molecule has 8 nitrogen and oxygen atoms in total. The van der Waals surface area contributed by atoms with E-state index in [4.69, 9.17) is 4.74 Å². The maximum Gasteiger partial charge on any atom is 0.264 e. The van der Waals surface area contributed by atoms with E-state index in [1.807, 2.05) is 54.6 Å². The van der Waals surface area contributed by atoms with Crippen LogP contribution in [-0.2, 0) is 17.9 Å². The minimum atomic E-state index is -0.201. The van der Waals surface area contributed by atoms with E-state index in [0.717, 1.165) is 17.0 Å². The van der Waals surface area contributed by atoms with Gasteiger partial charge < -0.3 is 10.1 Å². The first-order valence-electron chi connectivity index (χ1n) is 9.97. The lowest BCUT2D eigenvalue weighted by molar-refractivity contribution is -0.121. The third-order valence-corrected chi connectivity index (χ3v) is 5.09. The molecule has 4 aromatic rings. The van der Waals surface area contributed by atoms with Crippen LogP contribution in [0, 0.1) is 6.92 Å². The van der Waals surface area contributed by atoms with Gasteiger partial charge in [0, 0.05) is 19.5 Å². The normalized spacial score (nSPS) is 10.9. The number of hydrogen-bond acceptors (Lipinski definition) is 5. The zero-order valence-corrected chi connectivity index (χ0v) is 17.4. The van der Waals surface area contributed by atoms with Crippen LogP contribution in [0.3, 0.4) is 0 Å². The van der Waals surface area contributed by atoms with Crippen molar-refractivity contribution in [2.24, 2.45) is 0 Å². The van der Waals surface area contributed by atoms with Gasteiger partial charge in [-0.15, -0.1) is 0 Å². The van der Waals surface area contributed by atoms with Crippen molar-refractivity contribution in [1.29, 1.82) is 0 Å². The molecule has 0 unspecified atom stereocenters. The summed E-state index contributed by atoms with van der Waals surface area (Å²) in [6.07, 6.45) is 1.70. The first-order chi connectivity index (χ1) is 15.1. The second-order valence-corrected chi connectivity index (χ2v) is 7.12. The lowest BCUT2D eigenvalue weighted by atomic mass is 10.2. The summed E-state index contributed by atoms with van der Waals surface area (Å²) >= 11 is 0. The SMILES string of the molecule is COc1ccc(CNC(=O)CCn2c(C)nc3c(cnn3-c3ccccc3)c2=O)cc1. The van der Waals surface area contributed by atoms with Crippen molar-refractivity contribution in [3.8, 4) is 11.4 Å². The molecule has 2 aromatic heterocycles. The average molecular weight is 417 g/mol. The number of para-hydroxylation sites is 1. The molecular formula is C23H23N5O3. The van der Waals surface area contributed by atoms with Crippen LogP contribution < -0.4 is 15.6 Å². The smallest absolute Gasteiger partial charge is 0.264 e. The lowest BCUT2D eigenvalue weighted by Gasteiger charge is -2.11. The Kier molecular flexibility index (Phi) is 5.79. The Hall–Kier alpha value is -3.94. The van der Waals surface area contributed by atoms with Crippen molar-refractivity contribution >= 4 is 16.9 Å². The van der Waals surface area contributed by atoms with Gasteiger partial charge in [-0.3, -0.25) is 14.2 Å². The Balaban J connectivity index is 1.46. The number of nitrogens with one attached hydrogen (secondary N) is 1. The predicted molar refractivity (Wildman–Crippen MR) is 117 cm³/mol. The van der Waals surface area contributed by atoms with E-state index >= 15 is 0 Å². The highest BCUT2D eigenvalue weighted by Crippen LogP contribution is 2.14. The van der Waals surface area contributed by atoms with Crippen molar-refractivity contribution in [3.63, 3.8) is 0 Å². The molecule has 2 aromatic carbocycles. The average Bonchev–Trinajstić information content (AvgIpc) is 3.22. The lowest BCUT2D eigenvalue weighted by Crippen LogP contribution is -2.29. The first-order valence-corrected chi connectivity index (χ1v) is 9.97. The molecule has 0 spiro atoms. The van der Waals surface area contributed by atoms with Gasteiger partial charge in [-0.25, -0.2) is 9.67 Å². The summed E-state index contributed by atoms with van der Waals surface area (Å²) in [6, 6.07) is 17.0. The topological polar surface area (TPSA) is 91.0 Å². The van der Waals surface area contributed by atoms with E-state index < -0.39 is 0 Å². The van der Waals surface area contributed by atoms with E-state index in [1.54, 1.807) is 18.7 Å². The van der Waals surface area contributed by atoms with Crippen molar-refractivity contribution in [1.82, 2.24) is 24.6 Å². The van der Waals surface area contributed by atoms with Gasteiger partial charge in [0.25, 0.3) is 5.56 Å². The Morgan fingerprint density at radius 3 is 2.55 bits per heavy atom. The van der Waals surface area contributed by atoms with E-state index in [0.29, 0.717) is 23.4 Å². The maximum absolute atomic E-state index is 13.0. The summed E-state index contributed by atoms with van der Waals surface area (Å²) in [5, 5.41) is 7.63. The Bertz CT molecular complexity index is 1260.